The lowest BCUT2D eigenvalue weighted by molar-refractivity contribution is -0.221. The molecule has 0 aromatic heterocycles. The highest BCUT2D eigenvalue weighted by Gasteiger charge is 2.61. The van der Waals surface area contributed by atoms with Crippen LogP contribution in [0.4, 0.5) is 0 Å². The number of carbonyl (C=O) groups is 2. The Morgan fingerprint density at radius 3 is 2.65 bits per heavy atom. The normalized spacial score (nSPS) is 29.1. The van der Waals surface area contributed by atoms with Crippen LogP contribution in [0.25, 0.3) is 6.08 Å². The van der Waals surface area contributed by atoms with E-state index in [1.165, 1.54) is 24.5 Å². The van der Waals surface area contributed by atoms with Gasteiger partial charge in [-0.3, -0.25) is 4.79 Å². The summed E-state index contributed by atoms with van der Waals surface area (Å²) in [5.41, 5.74) is -0.850. The predicted molar refractivity (Wildman–Crippen MR) is 121 cm³/mol. The van der Waals surface area contributed by atoms with Crippen LogP contribution in [0.15, 0.2) is 42.2 Å². The maximum absolute atomic E-state index is 12.4. The summed E-state index contributed by atoms with van der Waals surface area (Å²) in [7, 11) is 0. The number of hydrogen-bond donors (Lipinski definition) is 4. The number of fused-ring (bicyclic) bond motifs is 1. The van der Waals surface area contributed by atoms with Gasteiger partial charge in [-0.1, -0.05) is 32.4 Å². The Hall–Kier alpha value is -2.88. The van der Waals surface area contributed by atoms with Gasteiger partial charge >= 0.3 is 11.9 Å². The van der Waals surface area contributed by atoms with Crippen LogP contribution in [-0.4, -0.2) is 63.6 Å². The van der Waals surface area contributed by atoms with Crippen molar-refractivity contribution in [2.45, 2.75) is 51.1 Å². The lowest BCUT2D eigenvalue weighted by Crippen LogP contribution is -2.54. The summed E-state index contributed by atoms with van der Waals surface area (Å²) in [6.07, 6.45) is 2.48. The first-order chi connectivity index (χ1) is 16.2. The van der Waals surface area contributed by atoms with Gasteiger partial charge in [0.25, 0.3) is 0 Å². The fourth-order valence-corrected chi connectivity index (χ4v) is 4.33. The zero-order valence-electron chi connectivity index (χ0n) is 19.3. The van der Waals surface area contributed by atoms with Crippen molar-refractivity contribution >= 4 is 18.0 Å². The van der Waals surface area contributed by atoms with Gasteiger partial charge in [-0.25, -0.2) is 4.79 Å². The molecule has 1 saturated carbocycles. The smallest absolute Gasteiger partial charge is 0.330 e. The maximum Gasteiger partial charge on any atom is 0.330 e. The minimum Gasteiger partial charge on any atom is -0.508 e. The Bertz CT molecular complexity index is 923. The zero-order chi connectivity index (χ0) is 24.9. The number of rotatable bonds is 9. The van der Waals surface area contributed by atoms with Crippen LogP contribution < -0.4 is 0 Å². The van der Waals surface area contributed by atoms with Crippen molar-refractivity contribution in [1.82, 2.24) is 0 Å². The average Bonchev–Trinajstić information content (AvgIpc) is 3.08. The monoisotopic (exact) mass is 476 g/mol. The van der Waals surface area contributed by atoms with E-state index in [0.717, 1.165) is 12.5 Å². The second kappa shape index (κ2) is 11.0. The molecule has 9 heteroatoms. The van der Waals surface area contributed by atoms with Crippen molar-refractivity contribution in [3.63, 3.8) is 0 Å². The molecule has 4 N–H and O–H groups in total. The van der Waals surface area contributed by atoms with E-state index in [4.69, 9.17) is 14.2 Å². The predicted octanol–water partition coefficient (Wildman–Crippen LogP) is 1.89. The van der Waals surface area contributed by atoms with Crippen LogP contribution in [-0.2, 0) is 23.8 Å². The molecular formula is C25H32O9. The topological polar surface area (TPSA) is 143 Å². The first-order valence-corrected chi connectivity index (χ1v) is 11.4. The third kappa shape index (κ3) is 5.78. The van der Waals surface area contributed by atoms with Crippen molar-refractivity contribution < 1.29 is 44.2 Å². The Labute approximate surface area is 198 Å². The number of esters is 2. The van der Waals surface area contributed by atoms with E-state index in [1.807, 2.05) is 13.8 Å². The molecule has 0 saturated heterocycles. The number of phenols is 1. The summed E-state index contributed by atoms with van der Waals surface area (Å²) in [4.78, 5) is 24.7. The van der Waals surface area contributed by atoms with Gasteiger partial charge < -0.3 is 34.6 Å². The van der Waals surface area contributed by atoms with Crippen LogP contribution in [0.5, 0.6) is 5.75 Å². The molecule has 1 aromatic rings. The van der Waals surface area contributed by atoms with Crippen LogP contribution in [0, 0.1) is 17.8 Å². The molecule has 0 amide bonds. The minimum absolute atomic E-state index is 0.0806. The molecule has 0 radical (unpaired) electrons. The third-order valence-electron chi connectivity index (χ3n) is 6.58. The molecule has 0 bridgehead atoms. The van der Waals surface area contributed by atoms with Gasteiger partial charge in [0.1, 0.15) is 18.0 Å². The van der Waals surface area contributed by atoms with Gasteiger partial charge in [0.15, 0.2) is 0 Å². The van der Waals surface area contributed by atoms with E-state index in [1.54, 1.807) is 12.1 Å². The van der Waals surface area contributed by atoms with Gasteiger partial charge in [-0.2, -0.15) is 0 Å². The standard InChI is InChI=1S/C25H32O9/c1-3-15(2)10-22(30)34-24-23-19(17(12-26)13-32-24)11-20(28)25(23,31)14-33-21(29)9-6-16-4-7-18(27)8-5-16/h4-9,13,15,19-20,23-24,26-28,31H,3,10-12,14H2,1-2H3/b9-6+/t15-,19+,20-,23+,24-,25+/m0/s1. The first kappa shape index (κ1) is 25.7. The van der Waals surface area contributed by atoms with Crippen molar-refractivity contribution in [3.8, 4) is 5.75 Å². The summed E-state index contributed by atoms with van der Waals surface area (Å²) in [6, 6.07) is 6.17. The molecule has 6 atom stereocenters. The molecule has 3 rings (SSSR count). The summed E-state index contributed by atoms with van der Waals surface area (Å²) < 4.78 is 16.3. The molecular weight excluding hydrogens is 444 g/mol. The van der Waals surface area contributed by atoms with Gasteiger partial charge in [0.05, 0.1) is 24.9 Å². The summed E-state index contributed by atoms with van der Waals surface area (Å²) in [5.74, 6) is -2.52. The minimum atomic E-state index is -1.96. The quantitative estimate of drug-likeness (QED) is 0.310. The SMILES string of the molecule is CC[C@H](C)CC(=O)O[C@@H]1OC=C(CO)[C@H]2C[C@H](O)[C@](O)(COC(=O)/C=C/c3ccc(O)cc3)[C@@H]12. The highest BCUT2D eigenvalue weighted by Crippen LogP contribution is 2.49. The fourth-order valence-electron chi connectivity index (χ4n) is 4.33. The lowest BCUT2D eigenvalue weighted by atomic mass is 9.80. The van der Waals surface area contributed by atoms with E-state index in [0.29, 0.717) is 11.1 Å². The molecule has 2 aliphatic rings. The van der Waals surface area contributed by atoms with Gasteiger partial charge in [0.2, 0.25) is 6.29 Å². The third-order valence-corrected chi connectivity index (χ3v) is 6.58. The summed E-state index contributed by atoms with van der Waals surface area (Å²) >= 11 is 0. The van der Waals surface area contributed by atoms with Crippen LogP contribution in [0.1, 0.15) is 38.7 Å². The molecule has 1 heterocycles. The van der Waals surface area contributed by atoms with Crippen LogP contribution in [0.3, 0.4) is 0 Å². The van der Waals surface area contributed by atoms with E-state index in [2.05, 4.69) is 0 Å². The number of aliphatic hydroxyl groups excluding tert-OH is 2. The molecule has 34 heavy (non-hydrogen) atoms. The molecule has 1 aromatic carbocycles. The van der Waals surface area contributed by atoms with E-state index in [9.17, 15) is 30.0 Å². The Morgan fingerprint density at radius 2 is 2.00 bits per heavy atom. The molecule has 0 unspecified atom stereocenters. The highest BCUT2D eigenvalue weighted by molar-refractivity contribution is 5.87. The molecule has 1 fully saturated rings. The van der Waals surface area contributed by atoms with E-state index < -0.39 is 48.4 Å². The van der Waals surface area contributed by atoms with Crippen molar-refractivity contribution in [1.29, 1.82) is 0 Å². The van der Waals surface area contributed by atoms with Gasteiger partial charge in [-0.15, -0.1) is 0 Å². The molecule has 0 spiro atoms. The Balaban J connectivity index is 1.72. The number of phenolic OH excluding ortho intramolecular Hbond substituents is 1. The number of benzene rings is 1. The van der Waals surface area contributed by atoms with Crippen molar-refractivity contribution in [2.75, 3.05) is 13.2 Å². The van der Waals surface area contributed by atoms with E-state index >= 15 is 0 Å². The highest BCUT2D eigenvalue weighted by atomic mass is 16.7. The molecule has 1 aliphatic carbocycles. The Morgan fingerprint density at radius 1 is 1.29 bits per heavy atom. The number of aromatic hydroxyl groups is 1. The van der Waals surface area contributed by atoms with Crippen LogP contribution >= 0.6 is 0 Å². The molecule has 186 valence electrons. The number of hydrogen-bond acceptors (Lipinski definition) is 9. The summed E-state index contributed by atoms with van der Waals surface area (Å²) in [5, 5.41) is 41.1. The first-order valence-electron chi connectivity index (χ1n) is 11.4. The largest absolute Gasteiger partial charge is 0.508 e. The van der Waals surface area contributed by atoms with Crippen molar-refractivity contribution in [2.24, 2.45) is 17.8 Å². The molecule has 9 nitrogen and oxygen atoms in total. The van der Waals surface area contributed by atoms with Crippen LogP contribution in [0.2, 0.25) is 0 Å². The van der Waals surface area contributed by atoms with Crippen molar-refractivity contribution in [3.05, 3.63) is 47.7 Å². The van der Waals surface area contributed by atoms with Gasteiger partial charge in [0, 0.05) is 18.4 Å². The number of ether oxygens (including phenoxy) is 3. The average molecular weight is 477 g/mol. The maximum atomic E-state index is 12.4. The number of carbonyl (C=O) groups excluding carboxylic acids is 2. The molecule has 1 aliphatic heterocycles. The number of aliphatic hydroxyl groups is 3. The Kier molecular flexibility index (Phi) is 8.35. The fraction of sp³-hybridized carbons (Fsp3) is 0.520. The second-order valence-electron chi connectivity index (χ2n) is 8.97. The van der Waals surface area contributed by atoms with Gasteiger partial charge in [-0.05, 0) is 41.7 Å². The second-order valence-corrected chi connectivity index (χ2v) is 8.97. The van der Waals surface area contributed by atoms with E-state index in [-0.39, 0.29) is 31.1 Å². The lowest BCUT2D eigenvalue weighted by Gasteiger charge is -2.40. The summed E-state index contributed by atoms with van der Waals surface area (Å²) in [6.45, 7) is 2.95. The zero-order valence-corrected chi connectivity index (χ0v) is 19.3.